The maximum absolute atomic E-state index is 9.18. The molecule has 0 aliphatic rings. The molecule has 0 unspecified atom stereocenters. The van der Waals surface area contributed by atoms with Crippen molar-refractivity contribution in [2.75, 3.05) is 0 Å². The van der Waals surface area contributed by atoms with Crippen molar-refractivity contribution in [3.05, 3.63) is 22.7 Å². The number of benzene rings is 1. The Balaban J connectivity index is 3.34. The maximum atomic E-state index is 9.18. The molecule has 1 N–H and O–H groups in total. The lowest BCUT2D eigenvalue weighted by molar-refractivity contribution is 0.462. The van der Waals surface area contributed by atoms with E-state index in [9.17, 15) is 5.11 Å². The predicted molar refractivity (Wildman–Crippen MR) is 45.1 cm³/mol. The van der Waals surface area contributed by atoms with E-state index in [4.69, 9.17) is 11.6 Å². The molecule has 1 rings (SSSR count). The van der Waals surface area contributed by atoms with Gasteiger partial charge in [-0.25, -0.2) is 0 Å². The zero-order chi connectivity index (χ0) is 7.72. The van der Waals surface area contributed by atoms with Crippen LogP contribution in [-0.4, -0.2) is 5.11 Å². The van der Waals surface area contributed by atoms with E-state index in [-0.39, 0.29) is 5.75 Å². The van der Waals surface area contributed by atoms with E-state index in [0.29, 0.717) is 9.92 Å². The van der Waals surface area contributed by atoms with Crippen LogP contribution in [0, 0.1) is 6.92 Å². The number of aryl methyl sites for hydroxylation is 1. The molecule has 0 saturated heterocycles. The Bertz CT molecular complexity index is 233. The van der Waals surface area contributed by atoms with Gasteiger partial charge in [0, 0.05) is 0 Å². The van der Waals surface area contributed by atoms with Crippen LogP contribution in [0.3, 0.4) is 0 Å². The Morgan fingerprint density at radius 1 is 1.50 bits per heavy atom. The molecule has 10 heavy (non-hydrogen) atoms. The number of hydrogen-bond donors (Lipinski definition) is 2. The van der Waals surface area contributed by atoms with E-state index in [2.05, 4.69) is 12.6 Å². The minimum Gasteiger partial charge on any atom is -0.505 e. The molecule has 0 spiro atoms. The van der Waals surface area contributed by atoms with Gasteiger partial charge in [0.1, 0.15) is 5.75 Å². The van der Waals surface area contributed by atoms with Crippen LogP contribution in [0.1, 0.15) is 5.56 Å². The molecular weight excluding hydrogens is 168 g/mol. The summed E-state index contributed by atoms with van der Waals surface area (Å²) in [6.45, 7) is 1.86. The summed E-state index contributed by atoms with van der Waals surface area (Å²) < 4.78 is 0. The van der Waals surface area contributed by atoms with Gasteiger partial charge in [0.05, 0.1) is 9.92 Å². The summed E-state index contributed by atoms with van der Waals surface area (Å²) in [6, 6.07) is 3.45. The summed E-state index contributed by atoms with van der Waals surface area (Å²) >= 11 is 9.63. The summed E-state index contributed by atoms with van der Waals surface area (Å²) in [5.41, 5.74) is 0.922. The van der Waals surface area contributed by atoms with Gasteiger partial charge in [0.25, 0.3) is 0 Å². The molecule has 1 nitrogen and oxygen atoms in total. The summed E-state index contributed by atoms with van der Waals surface area (Å²) in [4.78, 5) is 0.549. The summed E-state index contributed by atoms with van der Waals surface area (Å²) in [5.74, 6) is 0.0602. The maximum Gasteiger partial charge on any atom is 0.147 e. The largest absolute Gasteiger partial charge is 0.505 e. The minimum absolute atomic E-state index is 0.0602. The van der Waals surface area contributed by atoms with E-state index in [0.717, 1.165) is 5.56 Å². The van der Waals surface area contributed by atoms with Gasteiger partial charge >= 0.3 is 0 Å². The highest BCUT2D eigenvalue weighted by Crippen LogP contribution is 2.31. The van der Waals surface area contributed by atoms with Crippen molar-refractivity contribution in [3.8, 4) is 5.75 Å². The number of thiol groups is 1. The normalized spacial score (nSPS) is 9.90. The van der Waals surface area contributed by atoms with Gasteiger partial charge in [-0.3, -0.25) is 0 Å². The number of hydrogen-bond acceptors (Lipinski definition) is 2. The second-order valence-electron chi connectivity index (χ2n) is 2.06. The Morgan fingerprint density at radius 2 is 2.10 bits per heavy atom. The van der Waals surface area contributed by atoms with Crippen LogP contribution >= 0.6 is 24.2 Å². The van der Waals surface area contributed by atoms with Gasteiger partial charge in [-0.1, -0.05) is 17.7 Å². The first kappa shape index (κ1) is 7.76. The molecule has 0 amide bonds. The van der Waals surface area contributed by atoms with Crippen molar-refractivity contribution in [1.29, 1.82) is 0 Å². The highest BCUT2D eigenvalue weighted by molar-refractivity contribution is 7.80. The Labute approximate surface area is 70.0 Å². The first-order chi connectivity index (χ1) is 4.63. The minimum atomic E-state index is 0.0602. The van der Waals surface area contributed by atoms with Crippen molar-refractivity contribution < 1.29 is 5.11 Å². The smallest absolute Gasteiger partial charge is 0.147 e. The van der Waals surface area contributed by atoms with Crippen molar-refractivity contribution in [3.63, 3.8) is 0 Å². The molecule has 0 fully saturated rings. The monoisotopic (exact) mass is 174 g/mol. The van der Waals surface area contributed by atoms with Gasteiger partial charge in [-0.05, 0) is 18.6 Å². The molecule has 0 atom stereocenters. The average Bonchev–Trinajstić information content (AvgIpc) is 1.93. The number of phenols is 1. The number of halogens is 1. The molecule has 0 aromatic heterocycles. The standard InChI is InChI=1S/C7H7ClOS/c1-4-2-3-5(8)6(9)7(4)10/h2-3,9-10H,1H3. The van der Waals surface area contributed by atoms with Crippen LogP contribution in [0.15, 0.2) is 17.0 Å². The van der Waals surface area contributed by atoms with E-state index in [1.807, 2.05) is 13.0 Å². The van der Waals surface area contributed by atoms with Gasteiger partial charge in [0.2, 0.25) is 0 Å². The van der Waals surface area contributed by atoms with Crippen LogP contribution < -0.4 is 0 Å². The van der Waals surface area contributed by atoms with Gasteiger partial charge < -0.3 is 5.11 Å². The van der Waals surface area contributed by atoms with Crippen LogP contribution in [-0.2, 0) is 0 Å². The van der Waals surface area contributed by atoms with Crippen molar-refractivity contribution in [1.82, 2.24) is 0 Å². The fourth-order valence-corrected chi connectivity index (χ4v) is 1.07. The second kappa shape index (κ2) is 2.72. The van der Waals surface area contributed by atoms with E-state index in [1.54, 1.807) is 6.07 Å². The third-order valence-corrected chi connectivity index (χ3v) is 2.17. The zero-order valence-electron chi connectivity index (χ0n) is 5.43. The van der Waals surface area contributed by atoms with Crippen LogP contribution in [0.5, 0.6) is 5.75 Å². The fraction of sp³-hybridized carbons (Fsp3) is 0.143. The lowest BCUT2D eigenvalue weighted by atomic mass is 10.2. The van der Waals surface area contributed by atoms with Gasteiger partial charge in [0.15, 0.2) is 0 Å². The van der Waals surface area contributed by atoms with E-state index in [1.165, 1.54) is 0 Å². The lowest BCUT2D eigenvalue weighted by Crippen LogP contribution is -1.77. The summed E-state index contributed by atoms with van der Waals surface area (Å²) in [6.07, 6.45) is 0. The molecule has 0 radical (unpaired) electrons. The molecular formula is C7H7ClOS. The SMILES string of the molecule is Cc1ccc(Cl)c(O)c1S. The summed E-state index contributed by atoms with van der Waals surface area (Å²) in [5, 5.41) is 9.52. The number of phenolic OH excluding ortho intramolecular Hbond substituents is 1. The first-order valence-electron chi connectivity index (χ1n) is 2.80. The van der Waals surface area contributed by atoms with Crippen molar-refractivity contribution in [2.45, 2.75) is 11.8 Å². The molecule has 0 saturated carbocycles. The Kier molecular flexibility index (Phi) is 2.11. The molecule has 0 bridgehead atoms. The van der Waals surface area contributed by atoms with Crippen molar-refractivity contribution >= 4 is 24.2 Å². The third kappa shape index (κ3) is 1.22. The Morgan fingerprint density at radius 3 is 2.60 bits per heavy atom. The molecule has 0 aliphatic heterocycles. The Hall–Kier alpha value is -0.340. The van der Waals surface area contributed by atoms with E-state index < -0.39 is 0 Å². The lowest BCUT2D eigenvalue weighted by Gasteiger charge is -2.02. The highest BCUT2D eigenvalue weighted by atomic mass is 35.5. The third-order valence-electron chi connectivity index (χ3n) is 1.30. The average molecular weight is 175 g/mol. The van der Waals surface area contributed by atoms with Crippen LogP contribution in [0.4, 0.5) is 0 Å². The fourth-order valence-electron chi connectivity index (χ4n) is 0.656. The zero-order valence-corrected chi connectivity index (χ0v) is 7.08. The van der Waals surface area contributed by atoms with E-state index >= 15 is 0 Å². The number of rotatable bonds is 0. The predicted octanol–water partition coefficient (Wildman–Crippen LogP) is 2.64. The molecule has 1 aromatic carbocycles. The molecule has 54 valence electrons. The van der Waals surface area contributed by atoms with Gasteiger partial charge in [-0.15, -0.1) is 12.6 Å². The molecule has 1 aromatic rings. The second-order valence-corrected chi connectivity index (χ2v) is 2.92. The van der Waals surface area contributed by atoms with Crippen LogP contribution in [0.25, 0.3) is 0 Å². The topological polar surface area (TPSA) is 20.2 Å². The summed E-state index contributed by atoms with van der Waals surface area (Å²) in [7, 11) is 0. The van der Waals surface area contributed by atoms with Gasteiger partial charge in [-0.2, -0.15) is 0 Å². The molecule has 0 heterocycles. The molecule has 0 aliphatic carbocycles. The number of aromatic hydroxyl groups is 1. The highest BCUT2D eigenvalue weighted by Gasteiger charge is 2.03. The quantitative estimate of drug-likeness (QED) is 0.580. The molecule has 3 heteroatoms. The van der Waals surface area contributed by atoms with Crippen LogP contribution in [0.2, 0.25) is 5.02 Å². The first-order valence-corrected chi connectivity index (χ1v) is 3.62. The van der Waals surface area contributed by atoms with Crippen molar-refractivity contribution in [2.24, 2.45) is 0 Å².